The Bertz CT molecular complexity index is 1080. The van der Waals surface area contributed by atoms with Gasteiger partial charge in [0.05, 0.1) is 24.1 Å². The highest BCUT2D eigenvalue weighted by molar-refractivity contribution is 5.94. The average molecular weight is 421 g/mol. The van der Waals surface area contributed by atoms with Crippen molar-refractivity contribution in [3.05, 3.63) is 60.7 Å². The molecule has 3 aromatic rings. The van der Waals surface area contributed by atoms with Gasteiger partial charge >= 0.3 is 0 Å². The number of alkyl halides is 1. The smallest absolute Gasteiger partial charge is 0.243 e. The van der Waals surface area contributed by atoms with Gasteiger partial charge in [-0.1, -0.05) is 30.3 Å². The number of benzene rings is 1. The zero-order valence-electron chi connectivity index (χ0n) is 16.6. The maximum absolute atomic E-state index is 14.2. The van der Waals surface area contributed by atoms with Crippen molar-refractivity contribution < 1.29 is 18.7 Å². The van der Waals surface area contributed by atoms with Crippen LogP contribution >= 0.6 is 0 Å². The molecule has 1 N–H and O–H groups in total. The Morgan fingerprint density at radius 3 is 2.81 bits per heavy atom. The Hall–Kier alpha value is -3.59. The summed E-state index contributed by atoms with van der Waals surface area (Å²) in [6, 6.07) is 10.7. The van der Waals surface area contributed by atoms with Crippen molar-refractivity contribution in [3.63, 3.8) is 0 Å². The number of halogens is 1. The average Bonchev–Trinajstić information content (AvgIpc) is 3.42. The van der Waals surface area contributed by atoms with Gasteiger partial charge in [0.1, 0.15) is 11.9 Å². The number of hydrogen-bond donors (Lipinski definition) is 1. The topological polar surface area (TPSA) is 89.5 Å². The lowest BCUT2D eigenvalue weighted by atomic mass is 10.1. The van der Waals surface area contributed by atoms with E-state index < -0.39 is 12.2 Å². The number of aromatic nitrogens is 3. The van der Waals surface area contributed by atoms with Crippen LogP contribution in [0.4, 0.5) is 10.2 Å². The van der Waals surface area contributed by atoms with Crippen LogP contribution in [0.2, 0.25) is 0 Å². The molecule has 2 aliphatic heterocycles. The van der Waals surface area contributed by atoms with E-state index in [-0.39, 0.29) is 32.2 Å². The summed E-state index contributed by atoms with van der Waals surface area (Å²) < 4.78 is 25.1. The van der Waals surface area contributed by atoms with Crippen LogP contribution in [0.3, 0.4) is 0 Å². The van der Waals surface area contributed by atoms with Crippen molar-refractivity contribution in [2.75, 3.05) is 18.7 Å². The molecule has 0 saturated carbocycles. The van der Waals surface area contributed by atoms with Gasteiger partial charge in [-0.3, -0.25) is 19.7 Å². The standard InChI is InChI=1S/C22H20FN5O3/c23-15-8-18(28(11-15)12-17-21-19(6-7-24-17)30-13-31-21)22(29)27-20-10-25-16(9-26-20)14-4-2-1-3-5-14/h1-7,9-10,15,18H,8,11-13H2,(H,26,27,29)/t15-,18+/m0/s1. The normalized spacial score (nSPS) is 20.0. The van der Waals surface area contributed by atoms with E-state index in [9.17, 15) is 9.18 Å². The van der Waals surface area contributed by atoms with Crippen LogP contribution in [-0.4, -0.2) is 51.3 Å². The number of anilines is 1. The van der Waals surface area contributed by atoms with Crippen LogP contribution in [0.1, 0.15) is 12.1 Å². The first-order chi connectivity index (χ1) is 15.2. The summed E-state index contributed by atoms with van der Waals surface area (Å²) in [5, 5.41) is 2.75. The monoisotopic (exact) mass is 421 g/mol. The number of ether oxygens (including phenoxy) is 2. The Kier molecular flexibility index (Phi) is 5.17. The van der Waals surface area contributed by atoms with Crippen LogP contribution < -0.4 is 14.8 Å². The molecule has 8 nitrogen and oxygen atoms in total. The second-order valence-electron chi connectivity index (χ2n) is 7.41. The summed E-state index contributed by atoms with van der Waals surface area (Å²) >= 11 is 0. The van der Waals surface area contributed by atoms with Crippen LogP contribution in [-0.2, 0) is 11.3 Å². The third-order valence-electron chi connectivity index (χ3n) is 5.34. The molecule has 1 saturated heterocycles. The van der Waals surface area contributed by atoms with E-state index in [1.165, 1.54) is 6.20 Å². The second-order valence-corrected chi connectivity index (χ2v) is 7.41. The molecule has 0 aliphatic carbocycles. The summed E-state index contributed by atoms with van der Waals surface area (Å²) in [7, 11) is 0. The number of amides is 1. The summed E-state index contributed by atoms with van der Waals surface area (Å²) in [5.41, 5.74) is 2.26. The van der Waals surface area contributed by atoms with Crippen LogP contribution in [0, 0.1) is 0 Å². The molecule has 5 rings (SSSR count). The van der Waals surface area contributed by atoms with E-state index in [1.807, 2.05) is 30.3 Å². The van der Waals surface area contributed by atoms with Crippen molar-refractivity contribution in [2.24, 2.45) is 0 Å². The number of likely N-dealkylation sites (tertiary alicyclic amines) is 1. The number of fused-ring (bicyclic) bond motifs is 1. The van der Waals surface area contributed by atoms with Crippen molar-refractivity contribution >= 4 is 11.7 Å². The number of carbonyl (C=O) groups excluding carboxylic acids is 1. The van der Waals surface area contributed by atoms with Gasteiger partial charge in [-0.05, 0) is 0 Å². The van der Waals surface area contributed by atoms with Gasteiger partial charge in [-0.15, -0.1) is 0 Å². The molecule has 1 fully saturated rings. The predicted octanol–water partition coefficient (Wildman–Crippen LogP) is 2.82. The first-order valence-corrected chi connectivity index (χ1v) is 9.97. The SMILES string of the molecule is O=C(Nc1cnc(-c2ccccc2)cn1)[C@H]1C[C@H](F)CN1Cc1nccc2c1OCO2. The quantitative estimate of drug-likeness (QED) is 0.678. The van der Waals surface area contributed by atoms with Crippen LogP contribution in [0.25, 0.3) is 11.3 Å². The first-order valence-electron chi connectivity index (χ1n) is 9.97. The highest BCUT2D eigenvalue weighted by Crippen LogP contribution is 2.35. The van der Waals surface area contributed by atoms with Crippen molar-refractivity contribution in [2.45, 2.75) is 25.2 Å². The molecule has 31 heavy (non-hydrogen) atoms. The fraction of sp³-hybridized carbons (Fsp3) is 0.273. The fourth-order valence-corrected chi connectivity index (χ4v) is 3.85. The maximum atomic E-state index is 14.2. The van der Waals surface area contributed by atoms with Gasteiger partial charge in [0.2, 0.25) is 12.7 Å². The van der Waals surface area contributed by atoms with Gasteiger partial charge < -0.3 is 14.8 Å². The third-order valence-corrected chi connectivity index (χ3v) is 5.34. The molecule has 4 heterocycles. The highest BCUT2D eigenvalue weighted by atomic mass is 19.1. The van der Waals surface area contributed by atoms with Gasteiger partial charge in [0.15, 0.2) is 17.3 Å². The Balaban J connectivity index is 1.28. The molecule has 0 bridgehead atoms. The predicted molar refractivity (Wildman–Crippen MR) is 110 cm³/mol. The summed E-state index contributed by atoms with van der Waals surface area (Å²) in [4.78, 5) is 27.6. The zero-order chi connectivity index (χ0) is 21.2. The third kappa shape index (κ3) is 4.04. The van der Waals surface area contributed by atoms with Crippen molar-refractivity contribution in [1.29, 1.82) is 0 Å². The Morgan fingerprint density at radius 2 is 2.00 bits per heavy atom. The lowest BCUT2D eigenvalue weighted by Crippen LogP contribution is -2.39. The van der Waals surface area contributed by atoms with Crippen molar-refractivity contribution in [3.8, 4) is 22.8 Å². The van der Waals surface area contributed by atoms with Crippen LogP contribution in [0.5, 0.6) is 11.5 Å². The molecule has 2 aliphatic rings. The zero-order valence-corrected chi connectivity index (χ0v) is 16.6. The van der Waals surface area contributed by atoms with Gasteiger partial charge in [-0.2, -0.15) is 0 Å². The van der Waals surface area contributed by atoms with Crippen LogP contribution in [0.15, 0.2) is 55.0 Å². The molecular formula is C22H20FN5O3. The number of nitrogens with one attached hydrogen (secondary N) is 1. The molecule has 2 atom stereocenters. The number of rotatable bonds is 5. The molecule has 0 spiro atoms. The lowest BCUT2D eigenvalue weighted by molar-refractivity contribution is -0.120. The molecular weight excluding hydrogens is 401 g/mol. The number of carbonyl (C=O) groups is 1. The molecule has 1 aromatic carbocycles. The Labute approximate surface area is 178 Å². The number of hydrogen-bond acceptors (Lipinski definition) is 7. The van der Waals surface area contributed by atoms with E-state index in [4.69, 9.17) is 9.47 Å². The van der Waals surface area contributed by atoms with E-state index in [1.54, 1.807) is 23.4 Å². The minimum atomic E-state index is -1.10. The Morgan fingerprint density at radius 1 is 1.13 bits per heavy atom. The fourth-order valence-electron chi connectivity index (χ4n) is 3.85. The largest absolute Gasteiger partial charge is 0.453 e. The van der Waals surface area contributed by atoms with E-state index in [0.717, 1.165) is 5.56 Å². The number of pyridine rings is 1. The summed E-state index contributed by atoms with van der Waals surface area (Å²) in [6.07, 6.45) is 3.72. The number of nitrogens with zero attached hydrogens (tertiary/aromatic N) is 4. The molecule has 158 valence electrons. The lowest BCUT2D eigenvalue weighted by Gasteiger charge is -2.23. The molecule has 0 unspecified atom stereocenters. The molecule has 0 radical (unpaired) electrons. The molecule has 9 heteroatoms. The van der Waals surface area contributed by atoms with Gasteiger partial charge in [0.25, 0.3) is 0 Å². The minimum absolute atomic E-state index is 0.105. The highest BCUT2D eigenvalue weighted by Gasteiger charge is 2.38. The maximum Gasteiger partial charge on any atom is 0.243 e. The van der Waals surface area contributed by atoms with E-state index in [2.05, 4.69) is 20.3 Å². The minimum Gasteiger partial charge on any atom is -0.453 e. The van der Waals surface area contributed by atoms with E-state index in [0.29, 0.717) is 28.7 Å². The molecule has 1 amide bonds. The summed E-state index contributed by atoms with van der Waals surface area (Å²) in [6.45, 7) is 0.550. The van der Waals surface area contributed by atoms with Crippen molar-refractivity contribution in [1.82, 2.24) is 19.9 Å². The molecule has 2 aromatic heterocycles. The second kappa shape index (κ2) is 8.27. The first kappa shape index (κ1) is 19.4. The van der Waals surface area contributed by atoms with Gasteiger partial charge in [0, 0.05) is 37.3 Å². The summed E-state index contributed by atoms with van der Waals surface area (Å²) in [5.74, 6) is 1.15. The van der Waals surface area contributed by atoms with Gasteiger partial charge in [-0.25, -0.2) is 9.37 Å². The van der Waals surface area contributed by atoms with E-state index >= 15 is 0 Å².